The molecule has 136 valence electrons. The SMILES string of the molecule is CN(Cc1ccc2ccccc2c1)C(=O)CCC(=O)N1CCC[C@H]1C=O. The monoisotopic (exact) mass is 352 g/mol. The third-order valence-electron chi connectivity index (χ3n) is 4.99. The van der Waals surface area contributed by atoms with E-state index >= 15 is 0 Å². The number of carbonyl (C=O) groups excluding carboxylic acids is 3. The van der Waals surface area contributed by atoms with Crippen LogP contribution in [0.1, 0.15) is 31.2 Å². The Balaban J connectivity index is 1.53. The van der Waals surface area contributed by atoms with E-state index in [9.17, 15) is 14.4 Å². The molecule has 0 saturated carbocycles. The minimum absolute atomic E-state index is 0.0617. The Bertz CT molecular complexity index is 818. The topological polar surface area (TPSA) is 57.7 Å². The van der Waals surface area contributed by atoms with Gasteiger partial charge in [0.25, 0.3) is 0 Å². The highest BCUT2D eigenvalue weighted by atomic mass is 16.2. The van der Waals surface area contributed by atoms with Crippen molar-refractivity contribution in [1.29, 1.82) is 0 Å². The summed E-state index contributed by atoms with van der Waals surface area (Å²) in [5, 5.41) is 2.32. The first-order valence-electron chi connectivity index (χ1n) is 9.05. The molecule has 0 spiro atoms. The lowest BCUT2D eigenvalue weighted by Crippen LogP contribution is -2.37. The fourth-order valence-corrected chi connectivity index (χ4v) is 3.49. The van der Waals surface area contributed by atoms with E-state index in [1.165, 1.54) is 5.39 Å². The lowest BCUT2D eigenvalue weighted by molar-refractivity contribution is -0.138. The summed E-state index contributed by atoms with van der Waals surface area (Å²) in [5.74, 6) is -0.166. The minimum Gasteiger partial charge on any atom is -0.341 e. The fourth-order valence-electron chi connectivity index (χ4n) is 3.49. The Hall–Kier alpha value is -2.69. The number of benzene rings is 2. The molecular weight excluding hydrogens is 328 g/mol. The van der Waals surface area contributed by atoms with Crippen LogP contribution in [0.15, 0.2) is 42.5 Å². The second kappa shape index (κ2) is 8.13. The molecule has 0 unspecified atom stereocenters. The van der Waals surface area contributed by atoms with Crippen molar-refractivity contribution in [2.45, 2.75) is 38.3 Å². The van der Waals surface area contributed by atoms with E-state index in [-0.39, 0.29) is 30.7 Å². The Kier molecular flexibility index (Phi) is 5.66. The van der Waals surface area contributed by atoms with Crippen molar-refractivity contribution in [3.63, 3.8) is 0 Å². The molecular formula is C21H24N2O3. The molecule has 1 aliphatic heterocycles. The van der Waals surface area contributed by atoms with Gasteiger partial charge in [0.2, 0.25) is 11.8 Å². The zero-order chi connectivity index (χ0) is 18.5. The lowest BCUT2D eigenvalue weighted by atomic mass is 10.1. The average Bonchev–Trinajstić information content (AvgIpc) is 3.14. The highest BCUT2D eigenvalue weighted by Crippen LogP contribution is 2.18. The molecule has 0 bridgehead atoms. The summed E-state index contributed by atoms with van der Waals surface area (Å²) < 4.78 is 0. The van der Waals surface area contributed by atoms with Gasteiger partial charge in [-0.15, -0.1) is 0 Å². The molecule has 1 saturated heterocycles. The number of rotatable bonds is 6. The first-order valence-corrected chi connectivity index (χ1v) is 9.05. The largest absolute Gasteiger partial charge is 0.341 e. The summed E-state index contributed by atoms with van der Waals surface area (Å²) in [6.07, 6.45) is 2.74. The van der Waals surface area contributed by atoms with Gasteiger partial charge >= 0.3 is 0 Å². The summed E-state index contributed by atoms with van der Waals surface area (Å²) in [6, 6.07) is 14.0. The van der Waals surface area contributed by atoms with Gasteiger partial charge in [-0.2, -0.15) is 0 Å². The van der Waals surface area contributed by atoms with Crippen LogP contribution in [0.5, 0.6) is 0 Å². The predicted molar refractivity (Wildman–Crippen MR) is 100 cm³/mol. The molecule has 2 amide bonds. The van der Waals surface area contributed by atoms with E-state index in [1.54, 1.807) is 16.8 Å². The van der Waals surface area contributed by atoms with E-state index in [4.69, 9.17) is 0 Å². The van der Waals surface area contributed by atoms with Crippen molar-refractivity contribution in [3.05, 3.63) is 48.0 Å². The maximum absolute atomic E-state index is 12.4. The molecule has 1 atom stereocenters. The Morgan fingerprint density at radius 3 is 2.69 bits per heavy atom. The molecule has 0 aliphatic carbocycles. The number of likely N-dealkylation sites (tertiary alicyclic amines) is 1. The normalized spacial score (nSPS) is 16.7. The number of aldehydes is 1. The number of nitrogens with zero attached hydrogens (tertiary/aromatic N) is 2. The molecule has 1 heterocycles. The van der Waals surface area contributed by atoms with Gasteiger partial charge in [0.15, 0.2) is 0 Å². The van der Waals surface area contributed by atoms with Crippen LogP contribution >= 0.6 is 0 Å². The minimum atomic E-state index is -0.312. The van der Waals surface area contributed by atoms with Crippen molar-refractivity contribution >= 4 is 28.9 Å². The van der Waals surface area contributed by atoms with Crippen molar-refractivity contribution in [2.24, 2.45) is 0 Å². The van der Waals surface area contributed by atoms with Crippen molar-refractivity contribution < 1.29 is 14.4 Å². The maximum atomic E-state index is 12.4. The second-order valence-electron chi connectivity index (χ2n) is 6.86. The highest BCUT2D eigenvalue weighted by molar-refractivity contribution is 5.86. The van der Waals surface area contributed by atoms with E-state index < -0.39 is 0 Å². The van der Waals surface area contributed by atoms with Gasteiger partial charge in [0.05, 0.1) is 6.04 Å². The van der Waals surface area contributed by atoms with Crippen LogP contribution in [-0.4, -0.2) is 47.5 Å². The molecule has 3 rings (SSSR count). The van der Waals surface area contributed by atoms with E-state index in [0.717, 1.165) is 30.1 Å². The van der Waals surface area contributed by atoms with Gasteiger partial charge in [-0.3, -0.25) is 9.59 Å². The van der Waals surface area contributed by atoms with Crippen molar-refractivity contribution in [2.75, 3.05) is 13.6 Å². The number of amides is 2. The van der Waals surface area contributed by atoms with Crippen LogP contribution in [0.25, 0.3) is 10.8 Å². The molecule has 1 fully saturated rings. The van der Waals surface area contributed by atoms with E-state index in [0.29, 0.717) is 13.1 Å². The van der Waals surface area contributed by atoms with Crippen molar-refractivity contribution in [1.82, 2.24) is 9.80 Å². The second-order valence-corrected chi connectivity index (χ2v) is 6.86. The maximum Gasteiger partial charge on any atom is 0.223 e. The van der Waals surface area contributed by atoms with Crippen molar-refractivity contribution in [3.8, 4) is 0 Å². The van der Waals surface area contributed by atoms with Gasteiger partial charge in [-0.05, 0) is 35.2 Å². The molecule has 0 N–H and O–H groups in total. The summed E-state index contributed by atoms with van der Waals surface area (Å²) in [7, 11) is 1.76. The summed E-state index contributed by atoms with van der Waals surface area (Å²) in [5.41, 5.74) is 1.06. The zero-order valence-corrected chi connectivity index (χ0v) is 15.1. The fraction of sp³-hybridized carbons (Fsp3) is 0.381. The Labute approximate surface area is 153 Å². The quantitative estimate of drug-likeness (QED) is 0.751. The Morgan fingerprint density at radius 1 is 1.15 bits per heavy atom. The summed E-state index contributed by atoms with van der Waals surface area (Å²) in [4.78, 5) is 38.9. The number of hydrogen-bond acceptors (Lipinski definition) is 3. The third-order valence-corrected chi connectivity index (χ3v) is 4.99. The van der Waals surface area contributed by atoms with Crippen LogP contribution in [0.2, 0.25) is 0 Å². The number of hydrogen-bond donors (Lipinski definition) is 0. The average molecular weight is 352 g/mol. The molecule has 5 heteroatoms. The van der Waals surface area contributed by atoms with Crippen LogP contribution in [0, 0.1) is 0 Å². The number of fused-ring (bicyclic) bond motifs is 1. The first kappa shape index (κ1) is 18.1. The molecule has 5 nitrogen and oxygen atoms in total. The molecule has 0 radical (unpaired) electrons. The Morgan fingerprint density at radius 2 is 1.92 bits per heavy atom. The summed E-state index contributed by atoms with van der Waals surface area (Å²) in [6.45, 7) is 1.13. The molecule has 26 heavy (non-hydrogen) atoms. The van der Waals surface area contributed by atoms with Gasteiger partial charge in [-0.25, -0.2) is 0 Å². The lowest BCUT2D eigenvalue weighted by Gasteiger charge is -2.21. The highest BCUT2D eigenvalue weighted by Gasteiger charge is 2.28. The predicted octanol–water partition coefficient (Wildman–Crippen LogP) is 2.77. The smallest absolute Gasteiger partial charge is 0.223 e. The van der Waals surface area contributed by atoms with Gasteiger partial charge in [-0.1, -0.05) is 36.4 Å². The zero-order valence-electron chi connectivity index (χ0n) is 15.1. The van der Waals surface area contributed by atoms with Gasteiger partial charge in [0.1, 0.15) is 6.29 Å². The number of carbonyl (C=O) groups is 3. The molecule has 0 aromatic heterocycles. The third kappa shape index (κ3) is 4.10. The van der Waals surface area contributed by atoms with Gasteiger partial charge in [0, 0.05) is 33.0 Å². The molecule has 2 aromatic carbocycles. The van der Waals surface area contributed by atoms with Crippen LogP contribution < -0.4 is 0 Å². The first-order chi connectivity index (χ1) is 12.6. The van der Waals surface area contributed by atoms with E-state index in [2.05, 4.69) is 24.3 Å². The van der Waals surface area contributed by atoms with Crippen LogP contribution in [0.3, 0.4) is 0 Å². The molecule has 1 aliphatic rings. The van der Waals surface area contributed by atoms with Gasteiger partial charge < -0.3 is 14.6 Å². The van der Waals surface area contributed by atoms with Crippen LogP contribution in [0.4, 0.5) is 0 Å². The van der Waals surface area contributed by atoms with Crippen LogP contribution in [-0.2, 0) is 20.9 Å². The molecule has 2 aromatic rings. The standard InChI is InChI=1S/C21H24N2O3/c1-22(14-16-8-9-17-5-2-3-6-18(17)13-16)20(25)10-11-21(26)23-12-4-7-19(23)15-24/h2-3,5-6,8-9,13,15,19H,4,7,10-12,14H2,1H3/t19-/m0/s1. The van der Waals surface area contributed by atoms with E-state index in [1.807, 2.05) is 18.2 Å². The summed E-state index contributed by atoms with van der Waals surface area (Å²) >= 11 is 0.